The molecule has 2 aromatic rings. The number of pyridine rings is 1. The van der Waals surface area contributed by atoms with Crippen molar-refractivity contribution in [2.75, 3.05) is 11.9 Å². The summed E-state index contributed by atoms with van der Waals surface area (Å²) in [6, 6.07) is 1.64. The van der Waals surface area contributed by atoms with Gasteiger partial charge in [0.05, 0.1) is 4.92 Å². The third-order valence-corrected chi connectivity index (χ3v) is 2.50. The molecule has 100 valence electrons. The summed E-state index contributed by atoms with van der Waals surface area (Å²) in [5, 5.41) is 17.5. The molecule has 19 heavy (non-hydrogen) atoms. The first-order valence-corrected chi connectivity index (χ1v) is 5.70. The van der Waals surface area contributed by atoms with Gasteiger partial charge in [-0.15, -0.1) is 0 Å². The zero-order valence-corrected chi connectivity index (χ0v) is 10.6. The first-order chi connectivity index (χ1) is 9.06. The van der Waals surface area contributed by atoms with E-state index in [4.69, 9.17) is 4.52 Å². The van der Waals surface area contributed by atoms with Crippen molar-refractivity contribution in [1.29, 1.82) is 0 Å². The molecular weight excluding hydrogens is 250 g/mol. The van der Waals surface area contributed by atoms with Crippen LogP contribution in [0.25, 0.3) is 0 Å². The normalized spacial score (nSPS) is 10.4. The minimum Gasteiger partial charge on any atom is -0.370 e. The standard InChI is InChI=1S/C11H13N5O3/c1-7-5-11(13-6-9(7)16(17)18)12-4-3-10-14-8(2)19-15-10/h5-6H,3-4H2,1-2H3,(H,12,13). The summed E-state index contributed by atoms with van der Waals surface area (Å²) in [6.07, 6.45) is 1.84. The van der Waals surface area contributed by atoms with Crippen LogP contribution in [0.3, 0.4) is 0 Å². The van der Waals surface area contributed by atoms with Crippen LogP contribution in [0.4, 0.5) is 11.5 Å². The van der Waals surface area contributed by atoms with Crippen molar-refractivity contribution in [2.45, 2.75) is 20.3 Å². The van der Waals surface area contributed by atoms with Gasteiger partial charge in [0.1, 0.15) is 12.0 Å². The molecule has 2 rings (SSSR count). The highest BCUT2D eigenvalue weighted by atomic mass is 16.6. The molecule has 2 aromatic heterocycles. The Morgan fingerprint density at radius 3 is 2.84 bits per heavy atom. The van der Waals surface area contributed by atoms with E-state index in [1.807, 2.05) is 0 Å². The molecule has 0 aliphatic heterocycles. The quantitative estimate of drug-likeness (QED) is 0.645. The molecule has 0 fully saturated rings. The van der Waals surface area contributed by atoms with E-state index in [2.05, 4.69) is 20.4 Å². The van der Waals surface area contributed by atoms with Gasteiger partial charge in [0, 0.05) is 25.5 Å². The highest BCUT2D eigenvalue weighted by molar-refractivity contribution is 5.46. The van der Waals surface area contributed by atoms with Gasteiger partial charge in [-0.25, -0.2) is 4.98 Å². The van der Waals surface area contributed by atoms with Gasteiger partial charge in [-0.3, -0.25) is 10.1 Å². The molecular formula is C11H13N5O3. The van der Waals surface area contributed by atoms with E-state index in [1.54, 1.807) is 19.9 Å². The molecule has 0 unspecified atom stereocenters. The Hall–Kier alpha value is -2.51. The third kappa shape index (κ3) is 3.24. The van der Waals surface area contributed by atoms with Crippen LogP contribution in [0.15, 0.2) is 16.8 Å². The molecule has 0 atom stereocenters. The van der Waals surface area contributed by atoms with Crippen molar-refractivity contribution in [3.63, 3.8) is 0 Å². The highest BCUT2D eigenvalue weighted by Gasteiger charge is 2.11. The van der Waals surface area contributed by atoms with Crippen molar-refractivity contribution in [3.8, 4) is 0 Å². The molecule has 0 aromatic carbocycles. The summed E-state index contributed by atoms with van der Waals surface area (Å²) < 4.78 is 4.85. The smallest absolute Gasteiger partial charge is 0.290 e. The zero-order valence-electron chi connectivity index (χ0n) is 10.6. The number of anilines is 1. The number of nitro groups is 1. The summed E-state index contributed by atoms with van der Waals surface area (Å²) in [5.74, 6) is 1.73. The number of aromatic nitrogens is 3. The zero-order chi connectivity index (χ0) is 13.8. The summed E-state index contributed by atoms with van der Waals surface area (Å²) in [6.45, 7) is 3.97. The van der Waals surface area contributed by atoms with E-state index in [0.717, 1.165) is 0 Å². The first-order valence-electron chi connectivity index (χ1n) is 5.70. The Labute approximate surface area is 109 Å². The van der Waals surface area contributed by atoms with Crippen molar-refractivity contribution in [1.82, 2.24) is 15.1 Å². The molecule has 1 N–H and O–H groups in total. The van der Waals surface area contributed by atoms with Crippen LogP contribution in [-0.2, 0) is 6.42 Å². The molecule has 0 aliphatic carbocycles. The predicted molar refractivity (Wildman–Crippen MR) is 66.9 cm³/mol. The second-order valence-corrected chi connectivity index (χ2v) is 4.02. The Morgan fingerprint density at radius 1 is 1.47 bits per heavy atom. The second kappa shape index (κ2) is 5.42. The topological polar surface area (TPSA) is 107 Å². The SMILES string of the molecule is Cc1nc(CCNc2cc(C)c([N+](=O)[O-])cn2)no1. The molecule has 0 amide bonds. The lowest BCUT2D eigenvalue weighted by molar-refractivity contribution is -0.385. The fourth-order valence-corrected chi connectivity index (χ4v) is 1.58. The molecule has 8 nitrogen and oxygen atoms in total. The largest absolute Gasteiger partial charge is 0.370 e. The van der Waals surface area contributed by atoms with Gasteiger partial charge in [-0.2, -0.15) is 4.98 Å². The molecule has 0 spiro atoms. The molecule has 0 radical (unpaired) electrons. The van der Waals surface area contributed by atoms with Gasteiger partial charge in [0.2, 0.25) is 5.89 Å². The number of hydrogen-bond donors (Lipinski definition) is 1. The van der Waals surface area contributed by atoms with Crippen LogP contribution in [-0.4, -0.2) is 26.6 Å². The average molecular weight is 263 g/mol. The molecule has 0 bridgehead atoms. The van der Waals surface area contributed by atoms with Crippen molar-refractivity contribution in [3.05, 3.63) is 39.7 Å². The van der Waals surface area contributed by atoms with Gasteiger partial charge in [-0.05, 0) is 13.0 Å². The summed E-state index contributed by atoms with van der Waals surface area (Å²) in [4.78, 5) is 18.3. The predicted octanol–water partition coefficient (Wildman–Crippen LogP) is 1.64. The first kappa shape index (κ1) is 12.9. The van der Waals surface area contributed by atoms with Crippen LogP contribution in [0.1, 0.15) is 17.3 Å². The third-order valence-electron chi connectivity index (χ3n) is 2.50. The Kier molecular flexibility index (Phi) is 3.69. The van der Waals surface area contributed by atoms with Crippen molar-refractivity contribution >= 4 is 11.5 Å². The van der Waals surface area contributed by atoms with Crippen molar-refractivity contribution in [2.24, 2.45) is 0 Å². The number of aryl methyl sites for hydroxylation is 2. The molecule has 8 heteroatoms. The lowest BCUT2D eigenvalue weighted by Gasteiger charge is -2.04. The number of rotatable bonds is 5. The van der Waals surface area contributed by atoms with Crippen LogP contribution in [0.2, 0.25) is 0 Å². The monoisotopic (exact) mass is 263 g/mol. The fourth-order valence-electron chi connectivity index (χ4n) is 1.58. The van der Waals surface area contributed by atoms with E-state index in [9.17, 15) is 10.1 Å². The lowest BCUT2D eigenvalue weighted by Crippen LogP contribution is -2.08. The minimum atomic E-state index is -0.450. The van der Waals surface area contributed by atoms with Crippen LogP contribution < -0.4 is 5.32 Å². The van der Waals surface area contributed by atoms with Crippen LogP contribution in [0.5, 0.6) is 0 Å². The van der Waals surface area contributed by atoms with Gasteiger partial charge < -0.3 is 9.84 Å². The number of hydrogen-bond acceptors (Lipinski definition) is 7. The van der Waals surface area contributed by atoms with Gasteiger partial charge in [0.25, 0.3) is 5.69 Å². The number of nitrogens with one attached hydrogen (secondary N) is 1. The summed E-state index contributed by atoms with van der Waals surface area (Å²) >= 11 is 0. The van der Waals surface area contributed by atoms with E-state index < -0.39 is 4.92 Å². The van der Waals surface area contributed by atoms with E-state index >= 15 is 0 Å². The Balaban J connectivity index is 1.93. The Bertz CT molecular complexity index is 596. The van der Waals surface area contributed by atoms with E-state index in [1.165, 1.54) is 6.20 Å². The van der Waals surface area contributed by atoms with Crippen molar-refractivity contribution < 1.29 is 9.45 Å². The van der Waals surface area contributed by atoms with Gasteiger partial charge >= 0.3 is 0 Å². The van der Waals surface area contributed by atoms with Gasteiger partial charge in [-0.1, -0.05) is 5.16 Å². The van der Waals surface area contributed by atoms with Crippen LogP contribution in [0, 0.1) is 24.0 Å². The molecule has 2 heterocycles. The maximum Gasteiger partial charge on any atom is 0.290 e. The fraction of sp³-hybridized carbons (Fsp3) is 0.364. The lowest BCUT2D eigenvalue weighted by atomic mass is 10.2. The molecule has 0 saturated carbocycles. The minimum absolute atomic E-state index is 0.0133. The summed E-state index contributed by atoms with van der Waals surface area (Å²) in [7, 11) is 0. The molecule has 0 aliphatic rings. The average Bonchev–Trinajstić information content (AvgIpc) is 2.75. The number of nitrogens with zero attached hydrogens (tertiary/aromatic N) is 4. The van der Waals surface area contributed by atoms with E-state index in [-0.39, 0.29) is 5.69 Å². The van der Waals surface area contributed by atoms with Gasteiger partial charge in [0.15, 0.2) is 5.82 Å². The Morgan fingerprint density at radius 2 is 2.26 bits per heavy atom. The maximum atomic E-state index is 10.7. The van der Waals surface area contributed by atoms with E-state index in [0.29, 0.717) is 36.1 Å². The van der Waals surface area contributed by atoms with Crippen LogP contribution >= 0.6 is 0 Å². The second-order valence-electron chi connectivity index (χ2n) is 4.02. The highest BCUT2D eigenvalue weighted by Crippen LogP contribution is 2.18. The summed E-state index contributed by atoms with van der Waals surface area (Å²) in [5.41, 5.74) is 0.581. The maximum absolute atomic E-state index is 10.7. The molecule has 0 saturated heterocycles.